The third-order valence-corrected chi connectivity index (χ3v) is 4.89. The Balaban J connectivity index is 1.63. The minimum Gasteiger partial charge on any atom is -0.451 e. The summed E-state index contributed by atoms with van der Waals surface area (Å²) in [6.45, 7) is 1.75. The van der Waals surface area contributed by atoms with Gasteiger partial charge in [0.2, 0.25) is 5.91 Å². The van der Waals surface area contributed by atoms with Crippen LogP contribution in [0.4, 0.5) is 0 Å². The monoisotopic (exact) mass is 351 g/mol. The molecule has 2 amide bonds. The molecule has 26 heavy (non-hydrogen) atoms. The van der Waals surface area contributed by atoms with Crippen LogP contribution in [0.2, 0.25) is 0 Å². The van der Waals surface area contributed by atoms with Gasteiger partial charge in [-0.25, -0.2) is 0 Å². The van der Waals surface area contributed by atoms with E-state index < -0.39 is 0 Å². The van der Waals surface area contributed by atoms with Crippen molar-refractivity contribution < 1.29 is 14.0 Å². The second-order valence-corrected chi connectivity index (χ2v) is 6.73. The Morgan fingerprint density at radius 3 is 2.85 bits per heavy atom. The molecule has 1 aliphatic rings. The lowest BCUT2D eigenvalue weighted by molar-refractivity contribution is -0.121. The van der Waals surface area contributed by atoms with E-state index in [1.165, 1.54) is 0 Å². The Hall–Kier alpha value is -3.02. The molecule has 3 heterocycles. The number of furan rings is 1. The zero-order valence-corrected chi connectivity index (χ0v) is 14.6. The van der Waals surface area contributed by atoms with Crippen LogP contribution in [-0.2, 0) is 17.9 Å². The highest BCUT2D eigenvalue weighted by molar-refractivity contribution is 5.96. The number of nitrogens with one attached hydrogen (secondary N) is 1. The number of para-hydroxylation sites is 1. The van der Waals surface area contributed by atoms with E-state index in [0.717, 1.165) is 17.6 Å². The third-order valence-electron chi connectivity index (χ3n) is 4.89. The molecule has 0 radical (unpaired) electrons. The minimum atomic E-state index is -0.141. The van der Waals surface area contributed by atoms with E-state index >= 15 is 0 Å². The first-order valence-electron chi connectivity index (χ1n) is 8.76. The van der Waals surface area contributed by atoms with Gasteiger partial charge in [-0.3, -0.25) is 9.59 Å². The minimum absolute atomic E-state index is 0.0123. The van der Waals surface area contributed by atoms with Crippen molar-refractivity contribution in [1.29, 1.82) is 0 Å². The Labute approximate surface area is 151 Å². The fourth-order valence-corrected chi connectivity index (χ4v) is 3.57. The lowest BCUT2D eigenvalue weighted by atomic mass is 10.0. The van der Waals surface area contributed by atoms with Crippen molar-refractivity contribution in [3.05, 3.63) is 60.1 Å². The highest BCUT2D eigenvalue weighted by Crippen LogP contribution is 2.24. The summed E-state index contributed by atoms with van der Waals surface area (Å²) in [5.74, 6) is 0.237. The topological polar surface area (TPSA) is 67.5 Å². The van der Waals surface area contributed by atoms with E-state index in [0.29, 0.717) is 30.9 Å². The molecule has 1 aliphatic heterocycles. The van der Waals surface area contributed by atoms with Crippen molar-refractivity contribution in [2.75, 3.05) is 13.6 Å². The van der Waals surface area contributed by atoms with Gasteiger partial charge in [-0.2, -0.15) is 0 Å². The molecule has 0 fully saturated rings. The second kappa shape index (κ2) is 6.71. The Bertz CT molecular complexity index is 923. The second-order valence-electron chi connectivity index (χ2n) is 6.73. The summed E-state index contributed by atoms with van der Waals surface area (Å²) in [6, 6.07) is 13.4. The van der Waals surface area contributed by atoms with Crippen molar-refractivity contribution in [1.82, 2.24) is 14.8 Å². The van der Waals surface area contributed by atoms with E-state index in [4.69, 9.17) is 4.42 Å². The summed E-state index contributed by atoms with van der Waals surface area (Å²) in [6.07, 6.45) is 2.39. The first kappa shape index (κ1) is 16.4. The molecule has 0 bridgehead atoms. The Kier molecular flexibility index (Phi) is 4.24. The van der Waals surface area contributed by atoms with Crippen LogP contribution in [0.25, 0.3) is 11.0 Å². The number of rotatable bonds is 3. The molecule has 0 spiro atoms. The van der Waals surface area contributed by atoms with E-state index in [1.807, 2.05) is 42.6 Å². The van der Waals surface area contributed by atoms with Crippen LogP contribution in [0.3, 0.4) is 0 Å². The number of hydrogen-bond acceptors (Lipinski definition) is 3. The molecule has 134 valence electrons. The average molecular weight is 351 g/mol. The smallest absolute Gasteiger partial charge is 0.289 e. The zero-order valence-electron chi connectivity index (χ0n) is 14.6. The molecular weight excluding hydrogens is 330 g/mol. The quantitative estimate of drug-likeness (QED) is 0.789. The molecule has 0 aliphatic carbocycles. The van der Waals surface area contributed by atoms with Crippen LogP contribution in [0.1, 0.15) is 22.7 Å². The summed E-state index contributed by atoms with van der Waals surface area (Å²) in [5, 5.41) is 3.59. The number of benzene rings is 1. The van der Waals surface area contributed by atoms with Crippen LogP contribution >= 0.6 is 0 Å². The molecule has 1 aromatic carbocycles. The standard InChI is InChI=1S/C20H21N3O3/c1-21-19(24)9-14-11-22-8-4-6-16(22)13-23(12-14)20(25)18-10-15-5-2-3-7-17(15)26-18/h2-8,10,14H,9,11-13H2,1H3,(H,21,24). The first-order chi connectivity index (χ1) is 12.6. The van der Waals surface area contributed by atoms with Crippen molar-refractivity contribution in [2.24, 2.45) is 5.92 Å². The molecule has 3 aromatic rings. The van der Waals surface area contributed by atoms with Crippen LogP contribution in [-0.4, -0.2) is 34.9 Å². The maximum absolute atomic E-state index is 13.1. The molecule has 1 unspecified atom stereocenters. The maximum Gasteiger partial charge on any atom is 0.289 e. The fourth-order valence-electron chi connectivity index (χ4n) is 3.57. The van der Waals surface area contributed by atoms with Gasteiger partial charge in [-0.1, -0.05) is 18.2 Å². The molecular formula is C20H21N3O3. The number of aromatic nitrogens is 1. The highest BCUT2D eigenvalue weighted by Gasteiger charge is 2.28. The number of fused-ring (bicyclic) bond motifs is 2. The SMILES string of the molecule is CNC(=O)CC1CN(C(=O)c2cc3ccccc3o2)Cc2cccn2C1. The molecule has 6 nitrogen and oxygen atoms in total. The van der Waals surface area contributed by atoms with Gasteiger partial charge in [-0.05, 0) is 24.3 Å². The van der Waals surface area contributed by atoms with Crippen LogP contribution < -0.4 is 5.32 Å². The van der Waals surface area contributed by atoms with Gasteiger partial charge in [0.25, 0.3) is 5.91 Å². The lowest BCUT2D eigenvalue weighted by Gasteiger charge is -2.23. The molecule has 0 saturated heterocycles. The van der Waals surface area contributed by atoms with Crippen molar-refractivity contribution in [3.8, 4) is 0 Å². The zero-order chi connectivity index (χ0) is 18.1. The van der Waals surface area contributed by atoms with Gasteiger partial charge in [-0.15, -0.1) is 0 Å². The predicted molar refractivity (Wildman–Crippen MR) is 97.6 cm³/mol. The average Bonchev–Trinajstić information content (AvgIpc) is 3.23. The van der Waals surface area contributed by atoms with Crippen molar-refractivity contribution in [3.63, 3.8) is 0 Å². The highest BCUT2D eigenvalue weighted by atomic mass is 16.3. The first-order valence-corrected chi connectivity index (χ1v) is 8.76. The summed E-state index contributed by atoms with van der Waals surface area (Å²) in [5.41, 5.74) is 1.77. The predicted octanol–water partition coefficient (Wildman–Crippen LogP) is 2.64. The molecule has 1 N–H and O–H groups in total. The number of hydrogen-bond donors (Lipinski definition) is 1. The Morgan fingerprint density at radius 1 is 1.19 bits per heavy atom. The molecule has 1 atom stereocenters. The van der Waals surface area contributed by atoms with Gasteiger partial charge >= 0.3 is 0 Å². The van der Waals surface area contributed by atoms with E-state index in [-0.39, 0.29) is 17.7 Å². The summed E-state index contributed by atoms with van der Waals surface area (Å²) < 4.78 is 7.88. The third kappa shape index (κ3) is 3.10. The number of nitrogens with zero attached hydrogens (tertiary/aromatic N) is 2. The normalized spacial score (nSPS) is 17.0. The van der Waals surface area contributed by atoms with Crippen LogP contribution in [0, 0.1) is 5.92 Å². The summed E-state index contributed by atoms with van der Waals surface area (Å²) >= 11 is 0. The lowest BCUT2D eigenvalue weighted by Crippen LogP contribution is -2.35. The summed E-state index contributed by atoms with van der Waals surface area (Å²) in [4.78, 5) is 26.7. The van der Waals surface area contributed by atoms with Crippen LogP contribution in [0.5, 0.6) is 0 Å². The van der Waals surface area contributed by atoms with E-state index in [2.05, 4.69) is 9.88 Å². The Morgan fingerprint density at radius 2 is 2.04 bits per heavy atom. The number of amides is 2. The van der Waals surface area contributed by atoms with E-state index in [9.17, 15) is 9.59 Å². The van der Waals surface area contributed by atoms with E-state index in [1.54, 1.807) is 18.0 Å². The number of carbonyl (C=O) groups is 2. The molecule has 2 aromatic heterocycles. The van der Waals surface area contributed by atoms with Gasteiger partial charge in [0, 0.05) is 49.8 Å². The molecule has 4 rings (SSSR count). The van der Waals surface area contributed by atoms with Crippen molar-refractivity contribution in [2.45, 2.75) is 19.5 Å². The van der Waals surface area contributed by atoms with Gasteiger partial charge in [0.15, 0.2) is 5.76 Å². The summed E-state index contributed by atoms with van der Waals surface area (Å²) in [7, 11) is 1.64. The fraction of sp³-hybridized carbons (Fsp3) is 0.300. The number of carbonyl (C=O) groups excluding carboxylic acids is 2. The van der Waals surface area contributed by atoms with Gasteiger partial charge < -0.3 is 19.2 Å². The largest absolute Gasteiger partial charge is 0.451 e. The van der Waals surface area contributed by atoms with Gasteiger partial charge in [0.05, 0.1) is 6.54 Å². The van der Waals surface area contributed by atoms with Gasteiger partial charge in [0.1, 0.15) is 5.58 Å². The maximum atomic E-state index is 13.1. The molecule has 0 saturated carbocycles. The van der Waals surface area contributed by atoms with Crippen molar-refractivity contribution >= 4 is 22.8 Å². The molecule has 6 heteroatoms. The van der Waals surface area contributed by atoms with Crippen LogP contribution in [0.15, 0.2) is 53.1 Å².